The van der Waals surface area contributed by atoms with Gasteiger partial charge < -0.3 is 38.6 Å². The molecule has 5 rings (SSSR count). The summed E-state index contributed by atoms with van der Waals surface area (Å²) < 4.78 is 34.0. The SMILES string of the molecule is COc1c2c(cc3c1-c1c(cc4c(c1OC)OCO4)[C@H](O)[C@H](C)[C@H](C)[C@@H]3O)OCO2. The fourth-order valence-corrected chi connectivity index (χ4v) is 4.58. The van der Waals surface area contributed by atoms with Crippen LogP contribution in [0.25, 0.3) is 11.1 Å². The van der Waals surface area contributed by atoms with Crippen LogP contribution in [0.2, 0.25) is 0 Å². The van der Waals surface area contributed by atoms with Crippen molar-refractivity contribution >= 4 is 0 Å². The van der Waals surface area contributed by atoms with Crippen LogP contribution in [0.3, 0.4) is 0 Å². The van der Waals surface area contributed by atoms with Crippen molar-refractivity contribution in [3.8, 4) is 45.6 Å². The molecule has 3 aliphatic rings. The van der Waals surface area contributed by atoms with E-state index in [1.165, 1.54) is 14.2 Å². The molecule has 1 aliphatic carbocycles. The van der Waals surface area contributed by atoms with Crippen molar-refractivity contribution in [3.63, 3.8) is 0 Å². The zero-order valence-corrected chi connectivity index (χ0v) is 17.2. The van der Waals surface area contributed by atoms with Gasteiger partial charge in [0.2, 0.25) is 25.1 Å². The molecule has 0 fully saturated rings. The Hall–Kier alpha value is -2.84. The van der Waals surface area contributed by atoms with Crippen molar-refractivity contribution in [2.24, 2.45) is 11.8 Å². The maximum atomic E-state index is 11.3. The van der Waals surface area contributed by atoms with Crippen molar-refractivity contribution in [1.29, 1.82) is 0 Å². The molecule has 0 saturated carbocycles. The van der Waals surface area contributed by atoms with Crippen LogP contribution in [0.4, 0.5) is 0 Å². The number of benzene rings is 2. The molecule has 30 heavy (non-hydrogen) atoms. The van der Waals surface area contributed by atoms with Crippen LogP contribution < -0.4 is 28.4 Å². The molecule has 4 atom stereocenters. The summed E-state index contributed by atoms with van der Waals surface area (Å²) in [4.78, 5) is 0. The van der Waals surface area contributed by atoms with Gasteiger partial charge in [0, 0.05) is 11.1 Å². The molecule has 160 valence electrons. The van der Waals surface area contributed by atoms with Gasteiger partial charge >= 0.3 is 0 Å². The smallest absolute Gasteiger partial charge is 0.231 e. The minimum Gasteiger partial charge on any atom is -0.492 e. The molecule has 2 aliphatic heterocycles. The molecule has 8 nitrogen and oxygen atoms in total. The minimum absolute atomic E-state index is 0.0599. The zero-order chi connectivity index (χ0) is 21.2. The van der Waals surface area contributed by atoms with E-state index in [0.717, 1.165) is 0 Å². The van der Waals surface area contributed by atoms with E-state index in [1.54, 1.807) is 12.1 Å². The maximum Gasteiger partial charge on any atom is 0.231 e. The number of hydrogen-bond acceptors (Lipinski definition) is 8. The molecule has 0 unspecified atom stereocenters. The number of aliphatic hydroxyl groups is 2. The Bertz CT molecular complexity index is 936. The first-order valence-electron chi connectivity index (χ1n) is 9.85. The van der Waals surface area contributed by atoms with Crippen LogP contribution in [0, 0.1) is 11.8 Å². The molecular weight excluding hydrogens is 392 g/mol. The number of rotatable bonds is 2. The number of hydrogen-bond donors (Lipinski definition) is 2. The Labute approximate surface area is 173 Å². The van der Waals surface area contributed by atoms with Crippen LogP contribution in [0.1, 0.15) is 37.2 Å². The molecule has 0 amide bonds. The fourth-order valence-electron chi connectivity index (χ4n) is 4.58. The number of aliphatic hydroxyl groups excluding tert-OH is 2. The molecule has 2 heterocycles. The Kier molecular flexibility index (Phi) is 4.37. The summed E-state index contributed by atoms with van der Waals surface area (Å²) in [6, 6.07) is 3.55. The van der Waals surface area contributed by atoms with E-state index < -0.39 is 12.2 Å². The van der Waals surface area contributed by atoms with E-state index >= 15 is 0 Å². The molecule has 0 radical (unpaired) electrons. The lowest BCUT2D eigenvalue weighted by Gasteiger charge is -2.35. The van der Waals surface area contributed by atoms with Gasteiger partial charge in [0.15, 0.2) is 23.0 Å². The molecule has 2 N–H and O–H groups in total. The molecule has 0 bridgehead atoms. The lowest BCUT2D eigenvalue weighted by atomic mass is 9.74. The highest BCUT2D eigenvalue weighted by Gasteiger charge is 2.41. The van der Waals surface area contributed by atoms with Gasteiger partial charge in [0.1, 0.15) is 0 Å². The van der Waals surface area contributed by atoms with E-state index in [2.05, 4.69) is 0 Å². The van der Waals surface area contributed by atoms with Crippen LogP contribution in [0.15, 0.2) is 12.1 Å². The lowest BCUT2D eigenvalue weighted by Crippen LogP contribution is -2.26. The number of methoxy groups -OCH3 is 2. The summed E-state index contributed by atoms with van der Waals surface area (Å²) in [6.45, 7) is 3.94. The van der Waals surface area contributed by atoms with Crippen molar-refractivity contribution in [3.05, 3.63) is 23.3 Å². The van der Waals surface area contributed by atoms with E-state index in [4.69, 9.17) is 28.4 Å². The monoisotopic (exact) mass is 416 g/mol. The number of fused-ring (bicyclic) bond motifs is 5. The van der Waals surface area contributed by atoms with Gasteiger partial charge in [-0.05, 0) is 35.1 Å². The Morgan fingerprint density at radius 1 is 0.733 bits per heavy atom. The molecule has 0 spiro atoms. The molecule has 0 saturated heterocycles. The van der Waals surface area contributed by atoms with Crippen LogP contribution >= 0.6 is 0 Å². The summed E-state index contributed by atoms with van der Waals surface area (Å²) in [7, 11) is 3.06. The summed E-state index contributed by atoms with van der Waals surface area (Å²) in [5.41, 5.74) is 2.39. The van der Waals surface area contributed by atoms with Crippen LogP contribution in [-0.2, 0) is 0 Å². The first-order chi connectivity index (χ1) is 14.5. The molecule has 8 heteroatoms. The largest absolute Gasteiger partial charge is 0.492 e. The first-order valence-corrected chi connectivity index (χ1v) is 9.85. The predicted molar refractivity (Wildman–Crippen MR) is 105 cm³/mol. The van der Waals surface area contributed by atoms with Crippen molar-refractivity contribution < 1.29 is 38.6 Å². The van der Waals surface area contributed by atoms with E-state index in [9.17, 15) is 10.2 Å². The lowest BCUT2D eigenvalue weighted by molar-refractivity contribution is 0.0198. The average molecular weight is 416 g/mol. The topological polar surface area (TPSA) is 95.8 Å². The third kappa shape index (κ3) is 2.47. The Balaban J connectivity index is 1.94. The highest BCUT2D eigenvalue weighted by Crippen LogP contribution is 2.60. The predicted octanol–water partition coefficient (Wildman–Crippen LogP) is 3.18. The minimum atomic E-state index is -0.878. The molecule has 0 aromatic heterocycles. The second kappa shape index (κ2) is 6.85. The number of ether oxygens (including phenoxy) is 6. The highest BCUT2D eigenvalue weighted by atomic mass is 16.7. The molecular formula is C22H24O8. The molecule has 2 aromatic carbocycles. The summed E-state index contributed by atoms with van der Waals surface area (Å²) in [5, 5.41) is 22.6. The van der Waals surface area contributed by atoms with Gasteiger partial charge in [-0.3, -0.25) is 0 Å². The highest BCUT2D eigenvalue weighted by molar-refractivity contribution is 5.89. The van der Waals surface area contributed by atoms with Gasteiger partial charge in [0.05, 0.1) is 26.4 Å². The Morgan fingerprint density at radius 3 is 1.50 bits per heavy atom. The summed E-state index contributed by atoms with van der Waals surface area (Å²) in [5.74, 6) is 2.22. The van der Waals surface area contributed by atoms with Crippen molar-refractivity contribution in [2.45, 2.75) is 26.1 Å². The fraction of sp³-hybridized carbons (Fsp3) is 0.455. The summed E-state index contributed by atoms with van der Waals surface area (Å²) in [6.07, 6.45) is -1.76. The van der Waals surface area contributed by atoms with Gasteiger partial charge in [-0.1, -0.05) is 13.8 Å². The van der Waals surface area contributed by atoms with Gasteiger partial charge in [-0.25, -0.2) is 0 Å². The summed E-state index contributed by atoms with van der Waals surface area (Å²) >= 11 is 0. The van der Waals surface area contributed by atoms with E-state index in [-0.39, 0.29) is 25.4 Å². The second-order valence-corrected chi connectivity index (χ2v) is 7.82. The van der Waals surface area contributed by atoms with Crippen molar-refractivity contribution in [2.75, 3.05) is 27.8 Å². The third-order valence-corrected chi connectivity index (χ3v) is 6.42. The Morgan fingerprint density at radius 2 is 1.13 bits per heavy atom. The first kappa shape index (κ1) is 19.1. The standard InChI is InChI=1S/C22H24O8/c1-9-10(2)18(24)12-6-14-20(30-8-28-14)22(26-4)16(12)15-11(17(9)23)5-13-19(21(15)25-3)29-7-27-13/h5-6,9-10,17-18,23-24H,7-8H2,1-4H3/t9-,10+,17-,18+. The second-order valence-electron chi connectivity index (χ2n) is 7.82. The molecule has 2 aromatic rings. The quantitative estimate of drug-likeness (QED) is 0.771. The van der Waals surface area contributed by atoms with Gasteiger partial charge in [-0.15, -0.1) is 0 Å². The van der Waals surface area contributed by atoms with Crippen LogP contribution in [0.5, 0.6) is 34.5 Å². The van der Waals surface area contributed by atoms with E-state index in [1.807, 2.05) is 13.8 Å². The van der Waals surface area contributed by atoms with Gasteiger partial charge in [-0.2, -0.15) is 0 Å². The normalized spacial score (nSPS) is 25.8. The maximum absolute atomic E-state index is 11.3. The zero-order valence-electron chi connectivity index (χ0n) is 17.2. The van der Waals surface area contributed by atoms with E-state index in [0.29, 0.717) is 56.8 Å². The van der Waals surface area contributed by atoms with Crippen molar-refractivity contribution in [1.82, 2.24) is 0 Å². The van der Waals surface area contributed by atoms with Gasteiger partial charge in [0.25, 0.3) is 0 Å². The third-order valence-electron chi connectivity index (χ3n) is 6.42. The van der Waals surface area contributed by atoms with Crippen LogP contribution in [-0.4, -0.2) is 38.0 Å². The average Bonchev–Trinajstić information content (AvgIpc) is 3.42.